The summed E-state index contributed by atoms with van der Waals surface area (Å²) in [6.07, 6.45) is 0.407. The van der Waals surface area contributed by atoms with Gasteiger partial charge in [0, 0.05) is 24.3 Å². The summed E-state index contributed by atoms with van der Waals surface area (Å²) in [6, 6.07) is 6.09. The number of ether oxygens (including phenoxy) is 1. The third kappa shape index (κ3) is 2.64. The van der Waals surface area contributed by atoms with Gasteiger partial charge in [-0.05, 0) is 32.9 Å². The molecule has 18 heavy (non-hydrogen) atoms. The summed E-state index contributed by atoms with van der Waals surface area (Å²) in [6.45, 7) is 7.84. The molecule has 0 saturated carbocycles. The van der Waals surface area contributed by atoms with Crippen molar-refractivity contribution in [1.29, 1.82) is 5.41 Å². The molecule has 0 aliphatic carbocycles. The number of rotatable bonds is 2. The van der Waals surface area contributed by atoms with Gasteiger partial charge in [0.05, 0.1) is 12.2 Å². The molecule has 0 aromatic heterocycles. The van der Waals surface area contributed by atoms with Gasteiger partial charge in [-0.1, -0.05) is 11.6 Å². The zero-order valence-electron chi connectivity index (χ0n) is 11.2. The second-order valence-electron chi connectivity index (χ2n) is 5.10. The first-order valence-corrected chi connectivity index (χ1v) is 6.33. The number of nitrogens with two attached hydrogens (primary N) is 1. The van der Waals surface area contributed by atoms with Crippen LogP contribution in [0.2, 0.25) is 0 Å². The van der Waals surface area contributed by atoms with Crippen LogP contribution in [0.3, 0.4) is 0 Å². The largest absolute Gasteiger partial charge is 0.384 e. The van der Waals surface area contributed by atoms with E-state index in [0.29, 0.717) is 0 Å². The molecular weight excluding hydrogens is 226 g/mol. The van der Waals surface area contributed by atoms with Gasteiger partial charge in [0.15, 0.2) is 0 Å². The van der Waals surface area contributed by atoms with Crippen molar-refractivity contribution in [3.05, 3.63) is 29.3 Å². The highest BCUT2D eigenvalue weighted by atomic mass is 16.5. The maximum absolute atomic E-state index is 7.71. The maximum atomic E-state index is 7.71. The number of morpholine rings is 1. The number of aryl methyl sites for hydroxylation is 1. The first-order chi connectivity index (χ1) is 8.47. The van der Waals surface area contributed by atoms with E-state index in [4.69, 9.17) is 15.9 Å². The van der Waals surface area contributed by atoms with E-state index in [1.807, 2.05) is 13.0 Å². The molecule has 1 aromatic rings. The summed E-state index contributed by atoms with van der Waals surface area (Å²) in [4.78, 5) is 2.26. The fourth-order valence-corrected chi connectivity index (χ4v) is 2.52. The van der Waals surface area contributed by atoms with E-state index < -0.39 is 0 Å². The lowest BCUT2D eigenvalue weighted by atomic mass is 10.1. The normalized spacial score (nSPS) is 24.1. The van der Waals surface area contributed by atoms with Crippen LogP contribution in [0.5, 0.6) is 0 Å². The Morgan fingerprint density at radius 2 is 1.94 bits per heavy atom. The molecule has 0 bridgehead atoms. The fourth-order valence-electron chi connectivity index (χ4n) is 2.52. The number of anilines is 1. The topological polar surface area (TPSA) is 62.3 Å². The molecule has 1 heterocycles. The van der Waals surface area contributed by atoms with Crippen molar-refractivity contribution in [3.63, 3.8) is 0 Å². The zero-order chi connectivity index (χ0) is 13.3. The van der Waals surface area contributed by atoms with Crippen LogP contribution in [0.1, 0.15) is 25.0 Å². The number of amidine groups is 1. The van der Waals surface area contributed by atoms with Crippen molar-refractivity contribution < 1.29 is 4.74 Å². The second kappa shape index (κ2) is 4.98. The summed E-state index contributed by atoms with van der Waals surface area (Å²) in [5.74, 6) is 0.125. The van der Waals surface area contributed by atoms with Crippen molar-refractivity contribution in [2.75, 3.05) is 18.0 Å². The summed E-state index contributed by atoms with van der Waals surface area (Å²) in [5.41, 5.74) is 8.66. The van der Waals surface area contributed by atoms with Crippen LogP contribution in [0.15, 0.2) is 18.2 Å². The molecule has 3 N–H and O–H groups in total. The molecule has 0 spiro atoms. The molecule has 0 radical (unpaired) electrons. The highest BCUT2D eigenvalue weighted by Gasteiger charge is 2.24. The molecule has 2 atom stereocenters. The third-order valence-electron chi connectivity index (χ3n) is 3.20. The Labute approximate surface area is 108 Å². The van der Waals surface area contributed by atoms with E-state index in [2.05, 4.69) is 30.9 Å². The van der Waals surface area contributed by atoms with Crippen molar-refractivity contribution in [3.8, 4) is 0 Å². The average Bonchev–Trinajstić information content (AvgIpc) is 2.27. The number of hydrogen-bond acceptors (Lipinski definition) is 3. The quantitative estimate of drug-likeness (QED) is 0.619. The minimum atomic E-state index is 0.125. The Balaban J connectivity index is 2.35. The maximum Gasteiger partial charge on any atom is 0.124 e. The van der Waals surface area contributed by atoms with Gasteiger partial charge in [-0.2, -0.15) is 0 Å². The monoisotopic (exact) mass is 247 g/mol. The van der Waals surface area contributed by atoms with Gasteiger partial charge in [0.1, 0.15) is 5.84 Å². The summed E-state index contributed by atoms with van der Waals surface area (Å²) in [5, 5.41) is 7.71. The van der Waals surface area contributed by atoms with Gasteiger partial charge in [-0.25, -0.2) is 0 Å². The highest BCUT2D eigenvalue weighted by Crippen LogP contribution is 2.25. The Morgan fingerprint density at radius 3 is 2.50 bits per heavy atom. The van der Waals surface area contributed by atoms with E-state index in [1.165, 1.54) is 0 Å². The van der Waals surface area contributed by atoms with E-state index in [9.17, 15) is 0 Å². The predicted octanol–water partition coefficient (Wildman–Crippen LogP) is 1.89. The lowest BCUT2D eigenvalue weighted by Crippen LogP contribution is -2.46. The Morgan fingerprint density at radius 1 is 1.33 bits per heavy atom. The van der Waals surface area contributed by atoms with Crippen molar-refractivity contribution in [2.45, 2.75) is 33.0 Å². The summed E-state index contributed by atoms with van der Waals surface area (Å²) in [7, 11) is 0. The summed E-state index contributed by atoms with van der Waals surface area (Å²) < 4.78 is 5.74. The molecule has 0 unspecified atom stereocenters. The van der Waals surface area contributed by atoms with Gasteiger partial charge in [0.2, 0.25) is 0 Å². The van der Waals surface area contributed by atoms with Crippen LogP contribution in [-0.2, 0) is 4.74 Å². The van der Waals surface area contributed by atoms with Crippen LogP contribution in [-0.4, -0.2) is 31.1 Å². The molecule has 1 aliphatic rings. The van der Waals surface area contributed by atoms with Crippen molar-refractivity contribution in [1.82, 2.24) is 0 Å². The summed E-state index contributed by atoms with van der Waals surface area (Å²) >= 11 is 0. The van der Waals surface area contributed by atoms with Crippen LogP contribution >= 0.6 is 0 Å². The number of nitrogen functional groups attached to an aromatic ring is 1. The lowest BCUT2D eigenvalue weighted by Gasteiger charge is -2.37. The Hall–Kier alpha value is -1.55. The first-order valence-electron chi connectivity index (χ1n) is 6.33. The molecule has 1 aromatic carbocycles. The van der Waals surface area contributed by atoms with Gasteiger partial charge in [-0.3, -0.25) is 5.41 Å². The Bertz CT molecular complexity index is 448. The standard InChI is InChI=1S/C14H21N3O/c1-9-4-5-13(12(6-9)14(15)16)17-7-10(2)18-11(3)8-17/h4-6,10-11H,7-8H2,1-3H3,(H3,15,16)/t10-,11+. The second-order valence-corrected chi connectivity index (χ2v) is 5.10. The highest BCUT2D eigenvalue weighted by molar-refractivity contribution is 6.00. The van der Waals surface area contributed by atoms with Crippen LogP contribution in [0, 0.1) is 12.3 Å². The lowest BCUT2D eigenvalue weighted by molar-refractivity contribution is -0.00522. The zero-order valence-corrected chi connectivity index (χ0v) is 11.2. The molecule has 98 valence electrons. The van der Waals surface area contributed by atoms with Crippen LogP contribution < -0.4 is 10.6 Å². The van der Waals surface area contributed by atoms with Gasteiger partial charge < -0.3 is 15.4 Å². The molecule has 1 saturated heterocycles. The van der Waals surface area contributed by atoms with Crippen LogP contribution in [0.25, 0.3) is 0 Å². The van der Waals surface area contributed by atoms with Crippen molar-refractivity contribution >= 4 is 11.5 Å². The molecule has 1 fully saturated rings. The third-order valence-corrected chi connectivity index (χ3v) is 3.20. The number of benzene rings is 1. The fraction of sp³-hybridized carbons (Fsp3) is 0.500. The minimum Gasteiger partial charge on any atom is -0.384 e. The molecule has 1 aliphatic heterocycles. The number of hydrogen-bond donors (Lipinski definition) is 2. The van der Waals surface area contributed by atoms with Crippen LogP contribution in [0.4, 0.5) is 5.69 Å². The van der Waals surface area contributed by atoms with E-state index in [0.717, 1.165) is 29.9 Å². The first kappa shape index (κ1) is 12.9. The van der Waals surface area contributed by atoms with E-state index >= 15 is 0 Å². The molecule has 2 rings (SSSR count). The number of nitrogens with zero attached hydrogens (tertiary/aromatic N) is 1. The average molecular weight is 247 g/mol. The molecule has 4 heteroatoms. The molecule has 0 amide bonds. The molecule has 4 nitrogen and oxygen atoms in total. The predicted molar refractivity (Wildman–Crippen MR) is 74.4 cm³/mol. The van der Waals surface area contributed by atoms with Gasteiger partial charge >= 0.3 is 0 Å². The van der Waals surface area contributed by atoms with E-state index in [1.54, 1.807) is 0 Å². The molecular formula is C14H21N3O. The van der Waals surface area contributed by atoms with E-state index in [-0.39, 0.29) is 18.0 Å². The van der Waals surface area contributed by atoms with Gasteiger partial charge in [0.25, 0.3) is 0 Å². The van der Waals surface area contributed by atoms with Crippen molar-refractivity contribution in [2.24, 2.45) is 5.73 Å². The minimum absolute atomic E-state index is 0.125. The van der Waals surface area contributed by atoms with Gasteiger partial charge in [-0.15, -0.1) is 0 Å². The number of nitrogens with one attached hydrogen (secondary N) is 1. The smallest absolute Gasteiger partial charge is 0.124 e. The Kier molecular flexibility index (Phi) is 3.57. The SMILES string of the molecule is Cc1ccc(N2C[C@@H](C)O[C@@H](C)C2)c(C(=N)N)c1.